The summed E-state index contributed by atoms with van der Waals surface area (Å²) in [5, 5.41) is 13.1. The molecule has 108 valence electrons. The van der Waals surface area contributed by atoms with E-state index in [1.165, 1.54) is 25.7 Å². The Morgan fingerprint density at radius 2 is 2.00 bits per heavy atom. The van der Waals surface area contributed by atoms with Crippen LogP contribution in [0.4, 0.5) is 0 Å². The van der Waals surface area contributed by atoms with E-state index in [0.717, 1.165) is 25.9 Å². The van der Waals surface area contributed by atoms with Crippen molar-refractivity contribution < 1.29 is 9.84 Å². The van der Waals surface area contributed by atoms with Crippen LogP contribution in [0.15, 0.2) is 0 Å². The Kier molecular flexibility index (Phi) is 7.20. The third kappa shape index (κ3) is 5.25. The molecule has 18 heavy (non-hydrogen) atoms. The summed E-state index contributed by atoms with van der Waals surface area (Å²) in [6.07, 6.45) is 8.63. The van der Waals surface area contributed by atoms with Crippen LogP contribution in [0.5, 0.6) is 0 Å². The Morgan fingerprint density at radius 3 is 2.50 bits per heavy atom. The normalized spacial score (nSPS) is 20.5. The number of rotatable bonds is 9. The van der Waals surface area contributed by atoms with Gasteiger partial charge in [0.1, 0.15) is 0 Å². The van der Waals surface area contributed by atoms with Crippen molar-refractivity contribution in [1.82, 2.24) is 5.32 Å². The summed E-state index contributed by atoms with van der Waals surface area (Å²) < 4.78 is 5.88. The maximum absolute atomic E-state index is 9.63. The molecule has 1 unspecified atom stereocenters. The fourth-order valence-electron chi connectivity index (χ4n) is 2.92. The molecule has 0 aromatic rings. The van der Waals surface area contributed by atoms with Gasteiger partial charge in [-0.25, -0.2) is 0 Å². The molecular formula is C15H31NO2. The maximum Gasteiger partial charge on any atom is 0.0613 e. The number of hydrogen-bond acceptors (Lipinski definition) is 3. The fourth-order valence-corrected chi connectivity index (χ4v) is 2.92. The van der Waals surface area contributed by atoms with E-state index in [2.05, 4.69) is 26.1 Å². The molecule has 3 heteroatoms. The molecule has 0 saturated heterocycles. The van der Waals surface area contributed by atoms with Crippen molar-refractivity contribution in [2.24, 2.45) is 0 Å². The molecule has 1 rings (SSSR count). The van der Waals surface area contributed by atoms with Gasteiger partial charge in [-0.15, -0.1) is 0 Å². The summed E-state index contributed by atoms with van der Waals surface area (Å²) in [6, 6.07) is 0.410. The number of aliphatic hydroxyl groups is 1. The van der Waals surface area contributed by atoms with Crippen LogP contribution in [-0.4, -0.2) is 36.0 Å². The van der Waals surface area contributed by atoms with E-state index in [1.807, 2.05) is 0 Å². The van der Waals surface area contributed by atoms with Crippen molar-refractivity contribution in [1.29, 1.82) is 0 Å². The quantitative estimate of drug-likeness (QED) is 0.624. The van der Waals surface area contributed by atoms with Crippen molar-refractivity contribution >= 4 is 0 Å². The molecule has 1 aliphatic rings. The third-order valence-corrected chi connectivity index (χ3v) is 4.03. The summed E-state index contributed by atoms with van der Waals surface area (Å²) in [5.41, 5.74) is -0.118. The second-order valence-electron chi connectivity index (χ2n) is 5.97. The lowest BCUT2D eigenvalue weighted by molar-refractivity contribution is 0.0463. The fraction of sp³-hybridized carbons (Fsp3) is 1.00. The maximum atomic E-state index is 9.63. The van der Waals surface area contributed by atoms with Gasteiger partial charge in [0.15, 0.2) is 0 Å². The first kappa shape index (κ1) is 15.9. The molecular weight excluding hydrogens is 226 g/mol. The van der Waals surface area contributed by atoms with Gasteiger partial charge in [0.25, 0.3) is 0 Å². The Labute approximate surface area is 112 Å². The SMILES string of the molecule is CCC(CO)(CCCOC1CCCC1)NC(C)C. The topological polar surface area (TPSA) is 41.5 Å². The first-order chi connectivity index (χ1) is 8.62. The molecule has 0 radical (unpaired) electrons. The van der Waals surface area contributed by atoms with Crippen molar-refractivity contribution in [3.05, 3.63) is 0 Å². The van der Waals surface area contributed by atoms with Crippen LogP contribution in [0, 0.1) is 0 Å². The summed E-state index contributed by atoms with van der Waals surface area (Å²) in [6.45, 7) is 7.46. The van der Waals surface area contributed by atoms with Gasteiger partial charge in [0, 0.05) is 18.2 Å². The molecule has 1 saturated carbocycles. The minimum atomic E-state index is -0.118. The van der Waals surface area contributed by atoms with Crippen LogP contribution in [0.25, 0.3) is 0 Å². The summed E-state index contributed by atoms with van der Waals surface area (Å²) >= 11 is 0. The first-order valence-corrected chi connectivity index (χ1v) is 7.62. The molecule has 1 atom stereocenters. The summed E-state index contributed by atoms with van der Waals surface area (Å²) in [5.74, 6) is 0. The summed E-state index contributed by atoms with van der Waals surface area (Å²) in [4.78, 5) is 0. The highest BCUT2D eigenvalue weighted by Crippen LogP contribution is 2.22. The van der Waals surface area contributed by atoms with Gasteiger partial charge >= 0.3 is 0 Å². The van der Waals surface area contributed by atoms with Gasteiger partial charge < -0.3 is 15.2 Å². The van der Waals surface area contributed by atoms with Gasteiger partial charge in [0.2, 0.25) is 0 Å². The zero-order valence-electron chi connectivity index (χ0n) is 12.4. The number of ether oxygens (including phenoxy) is 1. The minimum absolute atomic E-state index is 0.118. The van der Waals surface area contributed by atoms with Crippen molar-refractivity contribution in [2.45, 2.75) is 83.4 Å². The predicted octanol–water partition coefficient (Wildman–Crippen LogP) is 2.86. The van der Waals surface area contributed by atoms with Crippen LogP contribution in [0.2, 0.25) is 0 Å². The van der Waals surface area contributed by atoms with Gasteiger partial charge in [0.05, 0.1) is 12.7 Å². The standard InChI is InChI=1S/C15H31NO2/c1-4-15(12-17,16-13(2)3)10-7-11-18-14-8-5-6-9-14/h13-14,16-17H,4-12H2,1-3H3. The Bertz CT molecular complexity index is 209. The lowest BCUT2D eigenvalue weighted by atomic mass is 9.90. The Hall–Kier alpha value is -0.120. The molecule has 3 nitrogen and oxygen atoms in total. The monoisotopic (exact) mass is 257 g/mol. The molecule has 2 N–H and O–H groups in total. The van der Waals surface area contributed by atoms with Crippen LogP contribution < -0.4 is 5.32 Å². The third-order valence-electron chi connectivity index (χ3n) is 4.03. The molecule has 0 spiro atoms. The molecule has 0 amide bonds. The molecule has 0 aliphatic heterocycles. The van der Waals surface area contributed by atoms with E-state index < -0.39 is 0 Å². The van der Waals surface area contributed by atoms with E-state index in [-0.39, 0.29) is 12.1 Å². The van der Waals surface area contributed by atoms with Gasteiger partial charge in [-0.3, -0.25) is 0 Å². The van der Waals surface area contributed by atoms with E-state index >= 15 is 0 Å². The summed E-state index contributed by atoms with van der Waals surface area (Å²) in [7, 11) is 0. The van der Waals surface area contributed by atoms with Crippen LogP contribution in [0.1, 0.15) is 65.7 Å². The van der Waals surface area contributed by atoms with Crippen LogP contribution in [-0.2, 0) is 4.74 Å². The highest BCUT2D eigenvalue weighted by Gasteiger charge is 2.27. The van der Waals surface area contributed by atoms with Gasteiger partial charge in [-0.1, -0.05) is 33.6 Å². The minimum Gasteiger partial charge on any atom is -0.394 e. The molecule has 0 bridgehead atoms. The van der Waals surface area contributed by atoms with Gasteiger partial charge in [-0.05, 0) is 32.1 Å². The lowest BCUT2D eigenvalue weighted by Crippen LogP contribution is -2.51. The first-order valence-electron chi connectivity index (χ1n) is 7.62. The van der Waals surface area contributed by atoms with E-state index in [1.54, 1.807) is 0 Å². The second kappa shape index (κ2) is 8.13. The number of hydrogen-bond donors (Lipinski definition) is 2. The Morgan fingerprint density at radius 1 is 1.33 bits per heavy atom. The average Bonchev–Trinajstić information content (AvgIpc) is 2.85. The highest BCUT2D eigenvalue weighted by molar-refractivity contribution is 4.87. The number of nitrogens with one attached hydrogen (secondary N) is 1. The highest BCUT2D eigenvalue weighted by atomic mass is 16.5. The van der Waals surface area contributed by atoms with Crippen LogP contribution in [0.3, 0.4) is 0 Å². The van der Waals surface area contributed by atoms with E-state index in [4.69, 9.17) is 4.74 Å². The average molecular weight is 257 g/mol. The predicted molar refractivity (Wildman–Crippen MR) is 75.8 cm³/mol. The zero-order valence-corrected chi connectivity index (χ0v) is 12.4. The molecule has 1 fully saturated rings. The van der Waals surface area contributed by atoms with Crippen LogP contribution >= 0.6 is 0 Å². The number of aliphatic hydroxyl groups excluding tert-OH is 1. The second-order valence-corrected chi connectivity index (χ2v) is 5.97. The zero-order chi connectivity index (χ0) is 13.4. The smallest absolute Gasteiger partial charge is 0.0613 e. The van der Waals surface area contributed by atoms with E-state index in [0.29, 0.717) is 12.1 Å². The molecule has 0 heterocycles. The van der Waals surface area contributed by atoms with Crippen molar-refractivity contribution in [3.8, 4) is 0 Å². The molecule has 0 aromatic carbocycles. The van der Waals surface area contributed by atoms with Crippen molar-refractivity contribution in [3.63, 3.8) is 0 Å². The van der Waals surface area contributed by atoms with Gasteiger partial charge in [-0.2, -0.15) is 0 Å². The Balaban J connectivity index is 2.23. The van der Waals surface area contributed by atoms with Crippen molar-refractivity contribution in [2.75, 3.05) is 13.2 Å². The molecule has 1 aliphatic carbocycles. The largest absolute Gasteiger partial charge is 0.394 e. The molecule has 0 aromatic heterocycles. The van der Waals surface area contributed by atoms with E-state index in [9.17, 15) is 5.11 Å². The lowest BCUT2D eigenvalue weighted by Gasteiger charge is -2.34.